The number of hydrogen-bond donors (Lipinski definition) is 14. The number of aliphatic hydroxyl groups excluding tert-OH is 4. The summed E-state index contributed by atoms with van der Waals surface area (Å²) in [6.45, 7) is -3.19. The van der Waals surface area contributed by atoms with E-state index in [1.807, 2.05) is 0 Å². The van der Waals surface area contributed by atoms with Crippen LogP contribution in [0, 0.1) is 0 Å². The third kappa shape index (κ3) is 17.8. The first-order valence-electron chi connectivity index (χ1n) is 19.0. The molecular formula is C26H44N2O39S6. The second kappa shape index (κ2) is 24.1. The summed E-state index contributed by atoms with van der Waals surface area (Å²) in [7, 11) is -32.5. The van der Waals surface area contributed by atoms with Gasteiger partial charge in [-0.15, -0.1) is 0 Å². The molecule has 4 rings (SSSR count). The number of rotatable bonds is 24. The fourth-order valence-corrected chi connectivity index (χ4v) is 10.1. The first-order valence-corrected chi connectivity index (χ1v) is 27.3. The van der Waals surface area contributed by atoms with E-state index in [0.717, 1.165) is 14.2 Å². The molecule has 9 unspecified atom stereocenters. The molecule has 0 aromatic heterocycles. The molecule has 0 bridgehead atoms. The van der Waals surface area contributed by atoms with Gasteiger partial charge in [-0.2, -0.15) is 60.0 Å². The average molecular weight is 1200 g/mol. The fourth-order valence-electron chi connectivity index (χ4n) is 7.30. The Morgan fingerprint density at radius 3 is 1.11 bits per heavy atom. The standard InChI is InChI=1S/C26H44N2O39S6/c1-55-15-11(31)17(66-72(49,50)51)25(64-19(15)21(33)34)62-14-6(4-58-71(46,47)48)60-24(8(10(14)30)28-69(40,41)42)63-16-12(32)18(67-73(52,53)54)26(65-20(16)22(35)36)61-13-5(3-57-70(43,44)45)59-23(56-2)7(9(13)29)27-68(37,38)39/h5-20,23-32H,3-4H2,1-2H3,(H,33,34)(H,35,36)(H,37,38,39)(H,40,41,42)(H,43,44,45)(H,46,47,48)(H,49,50,51)(H,52,53,54)/t5?,6?,7?,8?,9-,10-,11+,12+,13+,14-,15?,16+,17?,18?,19?,20?,23-,24-,25+,26+/m0/s1. The minimum Gasteiger partial charge on any atom is -0.479 e. The molecule has 0 aromatic rings. The highest BCUT2D eigenvalue weighted by atomic mass is 32.3. The Kier molecular flexibility index (Phi) is 20.9. The van der Waals surface area contributed by atoms with Crippen LogP contribution in [0.3, 0.4) is 0 Å². The largest absolute Gasteiger partial charge is 0.479 e. The summed E-state index contributed by atoms with van der Waals surface area (Å²) < 4.78 is 266. The molecule has 20 atom stereocenters. The lowest BCUT2D eigenvalue weighted by molar-refractivity contribution is -0.368. The van der Waals surface area contributed by atoms with Crippen molar-refractivity contribution < 1.29 is 177 Å². The maximum absolute atomic E-state index is 12.8. The Labute approximate surface area is 409 Å². The van der Waals surface area contributed by atoms with Gasteiger partial charge >= 0.3 is 74.1 Å². The van der Waals surface area contributed by atoms with E-state index < -0.39 is 210 Å². The van der Waals surface area contributed by atoms with Crippen LogP contribution in [0.15, 0.2) is 0 Å². The summed E-state index contributed by atoms with van der Waals surface area (Å²) in [5.41, 5.74) is 0. The number of aliphatic carboxylic acids is 2. The summed E-state index contributed by atoms with van der Waals surface area (Å²) in [6, 6.07) is -5.08. The first kappa shape index (κ1) is 63.2. The van der Waals surface area contributed by atoms with Crippen molar-refractivity contribution >= 4 is 74.1 Å². The van der Waals surface area contributed by atoms with Crippen LogP contribution in [0.2, 0.25) is 0 Å². The Morgan fingerprint density at radius 2 is 0.781 bits per heavy atom. The monoisotopic (exact) mass is 1200 g/mol. The van der Waals surface area contributed by atoms with Crippen molar-refractivity contribution in [3.63, 3.8) is 0 Å². The van der Waals surface area contributed by atoms with E-state index in [1.165, 1.54) is 9.44 Å². The zero-order valence-corrected chi connectivity index (χ0v) is 40.7. The molecule has 41 nitrogen and oxygen atoms in total. The van der Waals surface area contributed by atoms with Gasteiger partial charge in [-0.25, -0.2) is 26.3 Å². The van der Waals surface area contributed by atoms with E-state index in [4.69, 9.17) is 47.2 Å². The zero-order valence-electron chi connectivity index (χ0n) is 35.8. The topological polar surface area (TPSA) is 626 Å². The van der Waals surface area contributed by atoms with Crippen molar-refractivity contribution in [2.24, 2.45) is 0 Å². The van der Waals surface area contributed by atoms with E-state index in [2.05, 4.69) is 16.7 Å². The zero-order chi connectivity index (χ0) is 55.7. The molecule has 4 heterocycles. The summed E-state index contributed by atoms with van der Waals surface area (Å²) in [5.74, 6) is -4.36. The quantitative estimate of drug-likeness (QED) is 0.0399. The van der Waals surface area contributed by atoms with Gasteiger partial charge in [0.25, 0.3) is 0 Å². The molecule has 428 valence electrons. The normalized spacial score (nSPS) is 38.4. The van der Waals surface area contributed by atoms with Crippen molar-refractivity contribution in [2.45, 2.75) is 123 Å². The van der Waals surface area contributed by atoms with Crippen molar-refractivity contribution in [1.82, 2.24) is 9.44 Å². The number of ether oxygens (including phenoxy) is 9. The lowest BCUT2D eigenvalue weighted by Gasteiger charge is -2.50. The summed E-state index contributed by atoms with van der Waals surface area (Å²) >= 11 is 0. The molecule has 0 spiro atoms. The van der Waals surface area contributed by atoms with Gasteiger partial charge < -0.3 is 73.3 Å². The SMILES string of the molecule is COC1C(C(=O)O)O[C@@H](O[C@H]2C(COS(=O)(=O)O)O[C@@H](O[C@H]3C(C(=O)O)O[C@@H](O[C@@H]4C(COS(=O)(=O)O)O[C@H](OC)C(NS(=O)(=O)O)[C@@H]4O)C(OS(=O)(=O)O)[C@@H]3O)C(NS(=O)(=O)O)[C@@H]2O)C(OS(=O)(=O)O)[C@@H]1O. The van der Waals surface area contributed by atoms with E-state index >= 15 is 0 Å². The summed E-state index contributed by atoms with van der Waals surface area (Å²) in [6.07, 6.45) is -47.9. The third-order valence-corrected chi connectivity index (χ3v) is 13.0. The lowest BCUT2D eigenvalue weighted by Crippen LogP contribution is -2.70. The molecule has 4 aliphatic rings. The van der Waals surface area contributed by atoms with Gasteiger partial charge in [0.2, 0.25) is 0 Å². The minimum atomic E-state index is -6.00. The number of carbonyl (C=O) groups is 2. The van der Waals surface area contributed by atoms with Crippen LogP contribution < -0.4 is 9.44 Å². The Bertz CT molecular complexity index is 2620. The highest BCUT2D eigenvalue weighted by molar-refractivity contribution is 7.84. The van der Waals surface area contributed by atoms with E-state index in [-0.39, 0.29) is 0 Å². The molecule has 4 saturated heterocycles. The number of hydrogen-bond acceptors (Lipinski definition) is 31. The number of methoxy groups -OCH3 is 2. The molecule has 0 amide bonds. The lowest BCUT2D eigenvalue weighted by atomic mass is 9.94. The minimum absolute atomic E-state index is 0.762. The molecule has 0 aromatic carbocycles. The van der Waals surface area contributed by atoms with Crippen molar-refractivity contribution in [2.75, 3.05) is 27.4 Å². The highest BCUT2D eigenvalue weighted by Gasteiger charge is 2.60. The van der Waals surface area contributed by atoms with Gasteiger partial charge in [0.15, 0.2) is 49.6 Å². The van der Waals surface area contributed by atoms with Crippen LogP contribution >= 0.6 is 0 Å². The van der Waals surface area contributed by atoms with Crippen molar-refractivity contribution in [3.8, 4) is 0 Å². The fraction of sp³-hybridized carbons (Fsp3) is 0.923. The predicted octanol–water partition coefficient (Wildman–Crippen LogP) is -10.1. The van der Waals surface area contributed by atoms with Gasteiger partial charge in [-0.1, -0.05) is 0 Å². The molecule has 0 aliphatic carbocycles. The average Bonchev–Trinajstić information content (AvgIpc) is 3.21. The van der Waals surface area contributed by atoms with Crippen LogP contribution in [0.1, 0.15) is 0 Å². The van der Waals surface area contributed by atoms with E-state index in [1.54, 1.807) is 0 Å². The van der Waals surface area contributed by atoms with Crippen molar-refractivity contribution in [1.29, 1.82) is 0 Å². The Hall–Kier alpha value is -2.36. The molecule has 4 aliphatic heterocycles. The third-order valence-electron chi connectivity index (χ3n) is 10.1. The second-order valence-electron chi connectivity index (χ2n) is 15.0. The van der Waals surface area contributed by atoms with Gasteiger partial charge in [-0.05, 0) is 0 Å². The van der Waals surface area contributed by atoms with E-state index in [9.17, 15) is 113 Å². The Morgan fingerprint density at radius 1 is 0.438 bits per heavy atom. The molecule has 14 N–H and O–H groups in total. The maximum atomic E-state index is 12.8. The summed E-state index contributed by atoms with van der Waals surface area (Å²) in [5, 5.41) is 65.3. The van der Waals surface area contributed by atoms with Gasteiger partial charge in [0.05, 0.1) is 13.2 Å². The maximum Gasteiger partial charge on any atom is 0.397 e. The summed E-state index contributed by atoms with van der Waals surface area (Å²) in [4.78, 5) is 24.9. The molecule has 73 heavy (non-hydrogen) atoms. The Balaban J connectivity index is 1.82. The molecule has 4 fully saturated rings. The molecule has 0 radical (unpaired) electrons. The molecule has 47 heteroatoms. The highest BCUT2D eigenvalue weighted by Crippen LogP contribution is 2.37. The second-order valence-corrected chi connectivity index (χ2v) is 21.6. The van der Waals surface area contributed by atoms with Gasteiger partial charge in [-0.3, -0.25) is 27.3 Å². The van der Waals surface area contributed by atoms with Crippen LogP contribution in [0.4, 0.5) is 0 Å². The first-order chi connectivity index (χ1) is 33.1. The van der Waals surface area contributed by atoms with Gasteiger partial charge in [0.1, 0.15) is 73.1 Å². The predicted molar refractivity (Wildman–Crippen MR) is 211 cm³/mol. The number of carboxylic acid groups (broad SMARTS) is 2. The van der Waals surface area contributed by atoms with Crippen LogP contribution in [-0.2, 0) is 131 Å². The van der Waals surface area contributed by atoms with Crippen LogP contribution in [0.25, 0.3) is 0 Å². The smallest absolute Gasteiger partial charge is 0.397 e. The number of carboxylic acids is 2. The van der Waals surface area contributed by atoms with Crippen molar-refractivity contribution in [3.05, 3.63) is 0 Å². The van der Waals surface area contributed by atoms with Crippen LogP contribution in [0.5, 0.6) is 0 Å². The van der Waals surface area contributed by atoms with Gasteiger partial charge in [0, 0.05) is 14.2 Å². The number of aliphatic hydroxyl groups is 4. The molecular weight excluding hydrogens is 1160 g/mol. The molecule has 0 saturated carbocycles. The number of nitrogens with one attached hydrogen (secondary N) is 2. The van der Waals surface area contributed by atoms with E-state index in [0.29, 0.717) is 0 Å². The van der Waals surface area contributed by atoms with Crippen LogP contribution in [-0.4, -0.2) is 271 Å².